The van der Waals surface area contributed by atoms with Gasteiger partial charge in [0.05, 0.1) is 0 Å². The first-order valence-electron chi connectivity index (χ1n) is 9.39. The van der Waals surface area contributed by atoms with Crippen LogP contribution in [0.15, 0.2) is 24.3 Å². The number of likely N-dealkylation sites (tertiary alicyclic amines) is 1. The number of hydrogen-bond acceptors (Lipinski definition) is 3. The lowest BCUT2D eigenvalue weighted by atomic mass is 9.90. The lowest BCUT2D eigenvalue weighted by Crippen LogP contribution is -2.55. The Morgan fingerprint density at radius 2 is 1.92 bits per heavy atom. The number of piperazine rings is 1. The molecule has 2 saturated heterocycles. The van der Waals surface area contributed by atoms with Crippen LogP contribution < -0.4 is 5.32 Å². The molecule has 2 aliphatic rings. The third-order valence-corrected chi connectivity index (χ3v) is 5.52. The van der Waals surface area contributed by atoms with Gasteiger partial charge < -0.3 is 20.0 Å². The van der Waals surface area contributed by atoms with Crippen molar-refractivity contribution in [3.63, 3.8) is 0 Å². The summed E-state index contributed by atoms with van der Waals surface area (Å²) in [5.41, 5.74) is 2.46. The summed E-state index contributed by atoms with van der Waals surface area (Å²) >= 11 is 0. The number of rotatable bonds is 4. The molecular weight excluding hydrogens is 328 g/mol. The quantitative estimate of drug-likeness (QED) is 0.891. The molecule has 142 valence electrons. The molecule has 0 spiro atoms. The van der Waals surface area contributed by atoms with E-state index >= 15 is 0 Å². The van der Waals surface area contributed by atoms with E-state index in [-0.39, 0.29) is 23.9 Å². The summed E-state index contributed by atoms with van der Waals surface area (Å²) in [6.45, 7) is 8.93. The summed E-state index contributed by atoms with van der Waals surface area (Å²) in [7, 11) is 2.11. The Kier molecular flexibility index (Phi) is 5.51. The van der Waals surface area contributed by atoms with E-state index in [9.17, 15) is 9.59 Å². The summed E-state index contributed by atoms with van der Waals surface area (Å²) in [5.74, 6) is 0.0128. The van der Waals surface area contributed by atoms with E-state index in [4.69, 9.17) is 0 Å². The molecule has 0 unspecified atom stereocenters. The van der Waals surface area contributed by atoms with E-state index in [1.807, 2.05) is 4.90 Å². The Hall–Kier alpha value is -2.08. The number of carbonyl (C=O) groups is 2. The van der Waals surface area contributed by atoms with Crippen LogP contribution in [0.5, 0.6) is 0 Å². The first-order valence-corrected chi connectivity index (χ1v) is 9.39. The van der Waals surface area contributed by atoms with Gasteiger partial charge in [-0.1, -0.05) is 36.8 Å². The average molecular weight is 358 g/mol. The summed E-state index contributed by atoms with van der Waals surface area (Å²) in [4.78, 5) is 30.7. The van der Waals surface area contributed by atoms with Crippen LogP contribution in [0.25, 0.3) is 0 Å². The molecular formula is C20H30N4O2. The average Bonchev–Trinajstić information content (AvgIpc) is 2.96. The number of carbonyl (C=O) groups excluding carboxylic acids is 2. The molecule has 0 radical (unpaired) electrons. The second kappa shape index (κ2) is 7.66. The Labute approximate surface area is 156 Å². The predicted molar refractivity (Wildman–Crippen MR) is 102 cm³/mol. The minimum atomic E-state index is -0.121. The second-order valence-corrected chi connectivity index (χ2v) is 8.18. The Balaban J connectivity index is 1.47. The maximum absolute atomic E-state index is 12.5. The standard InChI is InChI=1S/C20H30N4O2/c1-16-4-6-17(7-5-16)12-23-10-11-24(13-18(23)25)19(26)21-14-20(2)8-9-22(3)15-20/h4-7H,8-15H2,1-3H3,(H,21,26)/t20-/m0/s1. The van der Waals surface area contributed by atoms with Gasteiger partial charge in [-0.2, -0.15) is 0 Å². The number of hydrogen-bond donors (Lipinski definition) is 1. The first-order chi connectivity index (χ1) is 12.3. The summed E-state index contributed by atoms with van der Waals surface area (Å²) < 4.78 is 0. The number of amides is 3. The van der Waals surface area contributed by atoms with Crippen molar-refractivity contribution in [2.45, 2.75) is 26.8 Å². The molecule has 6 nitrogen and oxygen atoms in total. The monoisotopic (exact) mass is 358 g/mol. The van der Waals surface area contributed by atoms with Crippen molar-refractivity contribution < 1.29 is 9.59 Å². The van der Waals surface area contributed by atoms with E-state index in [2.05, 4.69) is 55.4 Å². The van der Waals surface area contributed by atoms with Crippen LogP contribution in [0.3, 0.4) is 0 Å². The fourth-order valence-corrected chi connectivity index (χ4v) is 3.78. The highest BCUT2D eigenvalue weighted by Crippen LogP contribution is 2.27. The first kappa shape index (κ1) is 18.7. The van der Waals surface area contributed by atoms with Crippen molar-refractivity contribution in [3.05, 3.63) is 35.4 Å². The van der Waals surface area contributed by atoms with E-state index in [1.54, 1.807) is 4.90 Å². The minimum absolute atomic E-state index is 0.0128. The molecule has 0 saturated carbocycles. The second-order valence-electron chi connectivity index (χ2n) is 8.18. The summed E-state index contributed by atoms with van der Waals surface area (Å²) in [6.07, 6.45) is 1.09. The summed E-state index contributed by atoms with van der Waals surface area (Å²) in [6, 6.07) is 8.11. The van der Waals surface area contributed by atoms with Crippen LogP contribution in [-0.2, 0) is 11.3 Å². The highest BCUT2D eigenvalue weighted by molar-refractivity contribution is 5.85. The van der Waals surface area contributed by atoms with Crippen LogP contribution >= 0.6 is 0 Å². The number of aryl methyl sites for hydroxylation is 1. The normalized spacial score (nSPS) is 24.2. The Morgan fingerprint density at radius 3 is 2.54 bits per heavy atom. The van der Waals surface area contributed by atoms with Crippen LogP contribution in [0.1, 0.15) is 24.5 Å². The molecule has 3 rings (SSSR count). The van der Waals surface area contributed by atoms with Gasteiger partial charge in [-0.3, -0.25) is 4.79 Å². The maximum Gasteiger partial charge on any atom is 0.317 e. The van der Waals surface area contributed by atoms with E-state index in [0.717, 1.165) is 25.1 Å². The SMILES string of the molecule is Cc1ccc(CN2CCN(C(=O)NC[C@]3(C)CCN(C)C3)CC2=O)cc1. The molecule has 1 aromatic rings. The highest BCUT2D eigenvalue weighted by Gasteiger charge is 2.33. The van der Waals surface area contributed by atoms with Gasteiger partial charge in [0, 0.05) is 32.7 Å². The van der Waals surface area contributed by atoms with E-state index in [0.29, 0.717) is 26.2 Å². The van der Waals surface area contributed by atoms with Gasteiger partial charge in [0.2, 0.25) is 5.91 Å². The van der Waals surface area contributed by atoms with Crippen molar-refractivity contribution in [3.8, 4) is 0 Å². The zero-order chi connectivity index (χ0) is 18.7. The van der Waals surface area contributed by atoms with Gasteiger partial charge in [-0.05, 0) is 37.9 Å². The smallest absolute Gasteiger partial charge is 0.317 e. The van der Waals surface area contributed by atoms with Crippen LogP contribution in [-0.4, -0.2) is 73.0 Å². The number of benzene rings is 1. The third kappa shape index (κ3) is 4.55. The Bertz CT molecular complexity index is 660. The van der Waals surface area contributed by atoms with Crippen molar-refractivity contribution in [2.75, 3.05) is 46.3 Å². The topological polar surface area (TPSA) is 55.9 Å². The maximum atomic E-state index is 12.5. The third-order valence-electron chi connectivity index (χ3n) is 5.52. The molecule has 2 aliphatic heterocycles. The van der Waals surface area contributed by atoms with Gasteiger partial charge in [-0.15, -0.1) is 0 Å². The molecule has 2 heterocycles. The number of nitrogens with one attached hydrogen (secondary N) is 1. The van der Waals surface area contributed by atoms with Gasteiger partial charge in [0.25, 0.3) is 0 Å². The molecule has 1 N–H and O–H groups in total. The minimum Gasteiger partial charge on any atom is -0.337 e. The van der Waals surface area contributed by atoms with E-state index < -0.39 is 0 Å². The molecule has 1 aromatic carbocycles. The molecule has 26 heavy (non-hydrogen) atoms. The van der Waals surface area contributed by atoms with E-state index in [1.165, 1.54) is 5.56 Å². The molecule has 0 bridgehead atoms. The predicted octanol–water partition coefficient (Wildman–Crippen LogP) is 1.69. The van der Waals surface area contributed by atoms with Gasteiger partial charge in [-0.25, -0.2) is 4.79 Å². The molecule has 0 aromatic heterocycles. The van der Waals surface area contributed by atoms with Crippen molar-refractivity contribution in [1.29, 1.82) is 0 Å². The van der Waals surface area contributed by atoms with Crippen LogP contribution in [0.2, 0.25) is 0 Å². The van der Waals surface area contributed by atoms with Crippen molar-refractivity contribution in [2.24, 2.45) is 5.41 Å². The molecule has 3 amide bonds. The fraction of sp³-hybridized carbons (Fsp3) is 0.600. The number of urea groups is 1. The van der Waals surface area contributed by atoms with Gasteiger partial charge in [0.15, 0.2) is 0 Å². The highest BCUT2D eigenvalue weighted by atomic mass is 16.2. The zero-order valence-corrected chi connectivity index (χ0v) is 16.1. The van der Waals surface area contributed by atoms with Crippen LogP contribution in [0.4, 0.5) is 4.79 Å². The van der Waals surface area contributed by atoms with Crippen LogP contribution in [0, 0.1) is 12.3 Å². The van der Waals surface area contributed by atoms with Gasteiger partial charge >= 0.3 is 6.03 Å². The summed E-state index contributed by atoms with van der Waals surface area (Å²) in [5, 5.41) is 3.04. The van der Waals surface area contributed by atoms with Crippen molar-refractivity contribution in [1.82, 2.24) is 20.0 Å². The lowest BCUT2D eigenvalue weighted by Gasteiger charge is -2.35. The lowest BCUT2D eigenvalue weighted by molar-refractivity contribution is -0.135. The largest absolute Gasteiger partial charge is 0.337 e. The molecule has 0 aliphatic carbocycles. The Morgan fingerprint density at radius 1 is 1.19 bits per heavy atom. The zero-order valence-electron chi connectivity index (χ0n) is 16.1. The fourth-order valence-electron chi connectivity index (χ4n) is 3.78. The molecule has 6 heteroatoms. The van der Waals surface area contributed by atoms with Gasteiger partial charge in [0.1, 0.15) is 6.54 Å². The molecule has 1 atom stereocenters. The van der Waals surface area contributed by atoms with Crippen molar-refractivity contribution >= 4 is 11.9 Å². The number of nitrogens with zero attached hydrogens (tertiary/aromatic N) is 3. The molecule has 2 fully saturated rings.